The molecular weight excluding hydrogens is 395 g/mol. The summed E-state index contributed by atoms with van der Waals surface area (Å²) in [5.74, 6) is 0. The molecule has 7 nitrogen and oxygen atoms in total. The minimum atomic E-state index is -0.646. The number of nitriles is 1. The number of anilines is 1. The van der Waals surface area contributed by atoms with Crippen molar-refractivity contribution in [3.8, 4) is 6.07 Å². The molecule has 0 radical (unpaired) electrons. The van der Waals surface area contributed by atoms with Crippen LogP contribution in [0.2, 0.25) is 0 Å². The molecule has 2 aliphatic rings. The maximum atomic E-state index is 13.0. The second-order valence-electron chi connectivity index (χ2n) is 10.7. The summed E-state index contributed by atoms with van der Waals surface area (Å²) in [4.78, 5) is 14.5. The number of carbonyl (C=O) groups is 1. The Bertz CT molecular complexity index is 915. The molecule has 1 unspecified atom stereocenters. The highest BCUT2D eigenvalue weighted by Crippen LogP contribution is 2.44. The fourth-order valence-electron chi connectivity index (χ4n) is 4.04. The minimum Gasteiger partial charge on any atom is -0.443 e. The Hall–Kier alpha value is -2.08. The highest BCUT2D eigenvalue weighted by Gasteiger charge is 2.53. The third-order valence-corrected chi connectivity index (χ3v) is 6.28. The van der Waals surface area contributed by atoms with Gasteiger partial charge in [-0.05, 0) is 65.6 Å². The van der Waals surface area contributed by atoms with Gasteiger partial charge in [0.15, 0.2) is 0 Å². The number of hydrogen-bond donors (Lipinski definition) is 0. The summed E-state index contributed by atoms with van der Waals surface area (Å²) in [6, 6.07) is 5.98. The molecule has 0 aliphatic carbocycles. The van der Waals surface area contributed by atoms with Gasteiger partial charge in [0.25, 0.3) is 0 Å². The van der Waals surface area contributed by atoms with Crippen LogP contribution in [-0.2, 0) is 24.2 Å². The van der Waals surface area contributed by atoms with Gasteiger partial charge in [0, 0.05) is 19.1 Å². The van der Waals surface area contributed by atoms with E-state index in [-0.39, 0.29) is 0 Å². The van der Waals surface area contributed by atoms with Crippen molar-refractivity contribution in [2.75, 3.05) is 25.2 Å². The summed E-state index contributed by atoms with van der Waals surface area (Å²) in [7, 11) is 1.02. The van der Waals surface area contributed by atoms with Crippen molar-refractivity contribution in [1.82, 2.24) is 0 Å². The van der Waals surface area contributed by atoms with E-state index in [1.807, 2.05) is 61.5 Å². The first kappa shape index (κ1) is 23.6. The number of ether oxygens (including phenoxy) is 2. The molecule has 0 saturated carbocycles. The molecule has 1 aromatic rings. The standard InChI is InChI=1S/C23H33BN2O5/c1-20(2,3)29-19(27)26-13-23(8,14-28-9)17-11-16(10-15(12-25)18(17)26)24-30-21(4,5)22(6,7)31-24/h10-11H,13-14H2,1-9H3. The van der Waals surface area contributed by atoms with Crippen molar-refractivity contribution in [3.63, 3.8) is 0 Å². The first-order valence-corrected chi connectivity index (χ1v) is 10.6. The van der Waals surface area contributed by atoms with Gasteiger partial charge in [-0.3, -0.25) is 4.90 Å². The lowest BCUT2D eigenvalue weighted by molar-refractivity contribution is 0.00578. The molecule has 1 fully saturated rings. The van der Waals surface area contributed by atoms with Gasteiger partial charge in [-0.15, -0.1) is 0 Å². The predicted octanol–water partition coefficient (Wildman–Crippen LogP) is 3.52. The Morgan fingerprint density at radius 2 is 1.77 bits per heavy atom. The van der Waals surface area contributed by atoms with Crippen LogP contribution in [0.3, 0.4) is 0 Å². The van der Waals surface area contributed by atoms with E-state index in [9.17, 15) is 10.1 Å². The van der Waals surface area contributed by atoms with E-state index in [4.69, 9.17) is 18.8 Å². The first-order valence-electron chi connectivity index (χ1n) is 10.6. The Kier molecular flexibility index (Phi) is 5.71. The Morgan fingerprint density at radius 1 is 1.19 bits per heavy atom. The van der Waals surface area contributed by atoms with Crippen LogP contribution in [0.25, 0.3) is 0 Å². The van der Waals surface area contributed by atoms with Crippen LogP contribution in [0.15, 0.2) is 12.1 Å². The van der Waals surface area contributed by atoms with E-state index in [1.165, 1.54) is 0 Å². The molecule has 0 N–H and O–H groups in total. The maximum Gasteiger partial charge on any atom is 0.494 e. The third-order valence-electron chi connectivity index (χ3n) is 6.28. The van der Waals surface area contributed by atoms with Gasteiger partial charge in [0.1, 0.15) is 11.7 Å². The summed E-state index contributed by atoms with van der Waals surface area (Å²) < 4.78 is 23.5. The molecule has 0 spiro atoms. The monoisotopic (exact) mass is 428 g/mol. The molecule has 0 aromatic heterocycles. The van der Waals surface area contributed by atoms with E-state index < -0.39 is 35.4 Å². The van der Waals surface area contributed by atoms with E-state index in [2.05, 4.69) is 6.07 Å². The van der Waals surface area contributed by atoms with Crippen LogP contribution in [0.5, 0.6) is 0 Å². The average Bonchev–Trinajstić information content (AvgIpc) is 3.03. The number of nitrogens with zero attached hydrogens (tertiary/aromatic N) is 2. The molecule has 1 saturated heterocycles. The van der Waals surface area contributed by atoms with Gasteiger partial charge >= 0.3 is 13.2 Å². The smallest absolute Gasteiger partial charge is 0.443 e. The average molecular weight is 428 g/mol. The third kappa shape index (κ3) is 4.19. The van der Waals surface area contributed by atoms with Crippen molar-refractivity contribution < 1.29 is 23.6 Å². The van der Waals surface area contributed by atoms with Crippen LogP contribution in [0.1, 0.15) is 66.5 Å². The zero-order valence-electron chi connectivity index (χ0n) is 20.1. The summed E-state index contributed by atoms with van der Waals surface area (Å²) in [6.45, 7) is 16.2. The summed E-state index contributed by atoms with van der Waals surface area (Å²) >= 11 is 0. The van der Waals surface area contributed by atoms with E-state index in [0.717, 1.165) is 11.0 Å². The van der Waals surface area contributed by atoms with Gasteiger partial charge in [-0.2, -0.15) is 5.26 Å². The topological polar surface area (TPSA) is 81.0 Å². The minimum absolute atomic E-state index is 0.354. The lowest BCUT2D eigenvalue weighted by atomic mass is 9.74. The number of rotatable bonds is 3. The Balaban J connectivity index is 2.11. The molecule has 1 atom stereocenters. The van der Waals surface area contributed by atoms with Crippen molar-refractivity contribution in [3.05, 3.63) is 23.3 Å². The molecule has 168 valence electrons. The zero-order valence-corrected chi connectivity index (χ0v) is 20.1. The number of benzene rings is 1. The number of hydrogen-bond acceptors (Lipinski definition) is 6. The zero-order chi connectivity index (χ0) is 23.4. The normalized spacial score (nSPS) is 24.1. The molecule has 8 heteroatoms. The fourth-order valence-corrected chi connectivity index (χ4v) is 4.04. The van der Waals surface area contributed by atoms with Gasteiger partial charge in [0.2, 0.25) is 0 Å². The van der Waals surface area contributed by atoms with Crippen molar-refractivity contribution >= 4 is 24.4 Å². The van der Waals surface area contributed by atoms with E-state index in [1.54, 1.807) is 18.1 Å². The summed E-state index contributed by atoms with van der Waals surface area (Å²) in [5.41, 5.74) is 0.402. The van der Waals surface area contributed by atoms with Crippen molar-refractivity contribution in [1.29, 1.82) is 5.26 Å². The van der Waals surface area contributed by atoms with Crippen molar-refractivity contribution in [2.45, 2.75) is 77.6 Å². The lowest BCUT2D eigenvalue weighted by Gasteiger charge is -2.32. The number of amides is 1. The highest BCUT2D eigenvalue weighted by molar-refractivity contribution is 6.62. The highest BCUT2D eigenvalue weighted by atomic mass is 16.7. The molecule has 2 aliphatic heterocycles. The second-order valence-corrected chi connectivity index (χ2v) is 10.7. The largest absolute Gasteiger partial charge is 0.494 e. The molecule has 1 aromatic carbocycles. The van der Waals surface area contributed by atoms with Crippen LogP contribution in [-0.4, -0.2) is 50.3 Å². The van der Waals surface area contributed by atoms with Crippen LogP contribution in [0, 0.1) is 11.3 Å². The lowest BCUT2D eigenvalue weighted by Crippen LogP contribution is -2.41. The first-order chi connectivity index (χ1) is 14.1. The van der Waals surface area contributed by atoms with Gasteiger partial charge in [-0.25, -0.2) is 4.79 Å². The van der Waals surface area contributed by atoms with Gasteiger partial charge in [0.05, 0.1) is 29.1 Å². The van der Waals surface area contributed by atoms with Crippen LogP contribution >= 0.6 is 0 Å². The van der Waals surface area contributed by atoms with E-state index in [0.29, 0.717) is 24.4 Å². The molecule has 1 amide bonds. The molecule has 31 heavy (non-hydrogen) atoms. The van der Waals surface area contributed by atoms with Gasteiger partial charge in [-0.1, -0.05) is 13.0 Å². The molecule has 3 rings (SSSR count). The number of fused-ring (bicyclic) bond motifs is 1. The van der Waals surface area contributed by atoms with Gasteiger partial charge < -0.3 is 18.8 Å². The number of methoxy groups -OCH3 is 1. The quantitative estimate of drug-likeness (QED) is 0.686. The fraction of sp³-hybridized carbons (Fsp3) is 0.652. The number of carbonyl (C=O) groups excluding carboxylic acids is 1. The predicted molar refractivity (Wildman–Crippen MR) is 120 cm³/mol. The van der Waals surface area contributed by atoms with Crippen molar-refractivity contribution in [2.24, 2.45) is 0 Å². The molecule has 0 bridgehead atoms. The Labute approximate surface area is 185 Å². The molecule has 2 heterocycles. The van der Waals surface area contributed by atoms with Crippen LogP contribution in [0.4, 0.5) is 10.5 Å². The maximum absolute atomic E-state index is 13.0. The molecular formula is C23H33BN2O5. The summed E-state index contributed by atoms with van der Waals surface area (Å²) in [6.07, 6.45) is -0.478. The SMILES string of the molecule is COCC1(C)CN(C(=O)OC(C)(C)C)c2c(C#N)cc(B3OC(C)(C)C(C)(C)O3)cc21. The summed E-state index contributed by atoms with van der Waals surface area (Å²) in [5, 5.41) is 9.96. The van der Waals surface area contributed by atoms with Crippen LogP contribution < -0.4 is 10.4 Å². The Morgan fingerprint density at radius 3 is 2.26 bits per heavy atom. The second kappa shape index (κ2) is 7.51. The van der Waals surface area contributed by atoms with E-state index >= 15 is 0 Å².